The second-order valence-corrected chi connectivity index (χ2v) is 8.59. The molecule has 0 radical (unpaired) electrons. The Labute approximate surface area is 186 Å². The molecule has 2 bridgehead atoms. The number of benzene rings is 1. The summed E-state index contributed by atoms with van der Waals surface area (Å²) in [5, 5.41) is 12.8. The predicted molar refractivity (Wildman–Crippen MR) is 111 cm³/mol. The molecule has 166 valence electrons. The van der Waals surface area contributed by atoms with Crippen molar-refractivity contribution < 1.29 is 13.2 Å². The average molecular weight is 449 g/mol. The van der Waals surface area contributed by atoms with E-state index < -0.39 is 22.9 Å². The topological polar surface area (TPSA) is 82.3 Å². The first kappa shape index (κ1) is 20.0. The first-order valence-electron chi connectivity index (χ1n) is 10.7. The monoisotopic (exact) mass is 449 g/mol. The van der Waals surface area contributed by atoms with Gasteiger partial charge in [0.1, 0.15) is 23.8 Å². The van der Waals surface area contributed by atoms with E-state index in [1.54, 1.807) is 13.0 Å². The van der Waals surface area contributed by atoms with Crippen molar-refractivity contribution in [1.29, 1.82) is 0 Å². The van der Waals surface area contributed by atoms with Gasteiger partial charge in [0, 0.05) is 0 Å². The van der Waals surface area contributed by atoms with Gasteiger partial charge in [0.2, 0.25) is 0 Å². The first-order valence-corrected chi connectivity index (χ1v) is 10.7. The second-order valence-electron chi connectivity index (χ2n) is 8.59. The normalized spacial score (nSPS) is 21.3. The molecule has 1 fully saturated rings. The Morgan fingerprint density at radius 3 is 2.42 bits per heavy atom. The van der Waals surface area contributed by atoms with Crippen molar-refractivity contribution in [3.63, 3.8) is 0 Å². The number of aryl methyl sites for hydroxylation is 1. The van der Waals surface area contributed by atoms with E-state index in [2.05, 4.69) is 30.2 Å². The molecule has 0 spiro atoms. The summed E-state index contributed by atoms with van der Waals surface area (Å²) in [5.74, 6) is -0.996. The molecule has 0 atom stereocenters. The number of aromatic nitrogens is 7. The Morgan fingerprint density at radius 2 is 1.73 bits per heavy atom. The maximum absolute atomic E-state index is 15.2. The number of rotatable bonds is 3. The molecule has 0 saturated heterocycles. The van der Waals surface area contributed by atoms with Crippen molar-refractivity contribution in [3.8, 4) is 17.2 Å². The molecule has 3 heterocycles. The summed E-state index contributed by atoms with van der Waals surface area (Å²) in [5.41, 5.74) is 0.828. The van der Waals surface area contributed by atoms with Gasteiger partial charge in [-0.1, -0.05) is 6.07 Å². The van der Waals surface area contributed by atoms with Crippen molar-refractivity contribution in [1.82, 2.24) is 34.9 Å². The van der Waals surface area contributed by atoms with Crippen LogP contribution in [-0.4, -0.2) is 34.9 Å². The summed E-state index contributed by atoms with van der Waals surface area (Å²) in [7, 11) is 0. The molecule has 10 heteroatoms. The van der Waals surface area contributed by atoms with Gasteiger partial charge >= 0.3 is 0 Å². The SMILES string of the molecule is Cc1ncn(-c2ncc(F)c([C@]34CC[C@H](CC3)c3cc(-c5c(F)cccc5F)nnc34)n2)n1. The van der Waals surface area contributed by atoms with Crippen LogP contribution < -0.4 is 0 Å². The quantitative estimate of drug-likeness (QED) is 0.466. The largest absolute Gasteiger partial charge is 0.252 e. The van der Waals surface area contributed by atoms with Gasteiger partial charge in [0.15, 0.2) is 5.82 Å². The highest BCUT2D eigenvalue weighted by Gasteiger charge is 2.50. The average Bonchev–Trinajstić information content (AvgIpc) is 3.26. The molecule has 4 aromatic rings. The fraction of sp³-hybridized carbons (Fsp3) is 0.304. The maximum atomic E-state index is 15.2. The Bertz CT molecular complexity index is 1370. The summed E-state index contributed by atoms with van der Waals surface area (Å²) in [6.07, 6.45) is 5.50. The van der Waals surface area contributed by atoms with E-state index in [1.165, 1.54) is 29.2 Å². The molecule has 0 amide bonds. The lowest BCUT2D eigenvalue weighted by molar-refractivity contribution is 0.255. The van der Waals surface area contributed by atoms with Crippen LogP contribution in [0.3, 0.4) is 0 Å². The third-order valence-corrected chi connectivity index (χ3v) is 6.77. The van der Waals surface area contributed by atoms with Gasteiger partial charge in [0.05, 0.1) is 34.3 Å². The zero-order valence-corrected chi connectivity index (χ0v) is 17.6. The molecule has 3 aliphatic carbocycles. The van der Waals surface area contributed by atoms with Crippen molar-refractivity contribution in [2.75, 3.05) is 0 Å². The van der Waals surface area contributed by atoms with Crippen LogP contribution in [-0.2, 0) is 5.41 Å². The van der Waals surface area contributed by atoms with Crippen LogP contribution in [0, 0.1) is 24.4 Å². The van der Waals surface area contributed by atoms with Crippen molar-refractivity contribution >= 4 is 0 Å². The molecule has 0 N–H and O–H groups in total. The summed E-state index contributed by atoms with van der Waals surface area (Å²) in [6, 6.07) is 5.39. The van der Waals surface area contributed by atoms with Crippen LogP contribution in [0.15, 0.2) is 36.8 Å². The number of nitrogens with zero attached hydrogens (tertiary/aromatic N) is 7. The van der Waals surface area contributed by atoms with Crippen LogP contribution in [0.5, 0.6) is 0 Å². The van der Waals surface area contributed by atoms with Gasteiger partial charge < -0.3 is 0 Å². The summed E-state index contributed by atoms with van der Waals surface area (Å²) < 4.78 is 45.3. The van der Waals surface area contributed by atoms with Crippen molar-refractivity contribution in [2.24, 2.45) is 0 Å². The highest BCUT2D eigenvalue weighted by molar-refractivity contribution is 5.62. The van der Waals surface area contributed by atoms with Crippen LogP contribution in [0.25, 0.3) is 17.2 Å². The molecular formula is C23H18F3N7. The highest BCUT2D eigenvalue weighted by Crippen LogP contribution is 2.55. The Hall–Kier alpha value is -3.69. The van der Waals surface area contributed by atoms with E-state index in [4.69, 9.17) is 0 Å². The third kappa shape index (κ3) is 2.96. The van der Waals surface area contributed by atoms with Gasteiger partial charge in [-0.2, -0.15) is 9.78 Å². The molecule has 3 aromatic heterocycles. The molecular weight excluding hydrogens is 431 g/mol. The lowest BCUT2D eigenvalue weighted by Gasteiger charge is -2.46. The maximum Gasteiger partial charge on any atom is 0.252 e. The molecule has 0 unspecified atom stereocenters. The standard InChI is InChI=1S/C23H18F3N7/c1-12-28-11-33(32-12)22-27-10-17(26)21(29-22)23-7-5-13(6-8-23)14-9-18(30-31-20(14)23)19-15(24)3-2-4-16(19)25/h2-4,9-11,13H,5-8H2,1H3/t13-,23-. The third-order valence-electron chi connectivity index (χ3n) is 6.77. The van der Waals surface area contributed by atoms with Crippen LogP contribution >= 0.6 is 0 Å². The van der Waals surface area contributed by atoms with E-state index in [1.807, 2.05) is 0 Å². The molecule has 7 rings (SSSR count). The molecule has 1 saturated carbocycles. The molecule has 7 nitrogen and oxygen atoms in total. The lowest BCUT2D eigenvalue weighted by atomic mass is 9.58. The zero-order valence-electron chi connectivity index (χ0n) is 17.6. The molecule has 33 heavy (non-hydrogen) atoms. The Balaban J connectivity index is 1.51. The molecule has 3 aliphatic rings. The van der Waals surface area contributed by atoms with Crippen LogP contribution in [0.1, 0.15) is 54.4 Å². The number of fused-ring (bicyclic) bond motifs is 2. The van der Waals surface area contributed by atoms with Crippen LogP contribution in [0.2, 0.25) is 0 Å². The van der Waals surface area contributed by atoms with Gasteiger partial charge in [-0.05, 0) is 62.3 Å². The van der Waals surface area contributed by atoms with Crippen molar-refractivity contribution in [2.45, 2.75) is 43.9 Å². The number of halogens is 3. The second kappa shape index (κ2) is 7.16. The zero-order chi connectivity index (χ0) is 22.7. The van der Waals surface area contributed by atoms with Gasteiger partial charge in [0.25, 0.3) is 5.95 Å². The Morgan fingerprint density at radius 1 is 0.970 bits per heavy atom. The van der Waals surface area contributed by atoms with E-state index in [9.17, 15) is 8.78 Å². The van der Waals surface area contributed by atoms with E-state index in [0.717, 1.165) is 24.6 Å². The lowest BCUT2D eigenvalue weighted by Crippen LogP contribution is -2.42. The number of hydrogen-bond acceptors (Lipinski definition) is 6. The minimum absolute atomic E-state index is 0.133. The molecule has 1 aromatic carbocycles. The minimum atomic E-state index is -0.791. The fourth-order valence-corrected chi connectivity index (χ4v) is 5.21. The van der Waals surface area contributed by atoms with E-state index in [-0.39, 0.29) is 28.8 Å². The summed E-state index contributed by atoms with van der Waals surface area (Å²) in [6.45, 7) is 1.74. The van der Waals surface area contributed by atoms with E-state index >= 15 is 4.39 Å². The summed E-state index contributed by atoms with van der Waals surface area (Å²) in [4.78, 5) is 12.7. The van der Waals surface area contributed by atoms with Gasteiger partial charge in [-0.25, -0.2) is 28.1 Å². The smallest absolute Gasteiger partial charge is 0.220 e. The highest BCUT2D eigenvalue weighted by atomic mass is 19.1. The summed E-state index contributed by atoms with van der Waals surface area (Å²) >= 11 is 0. The van der Waals surface area contributed by atoms with Gasteiger partial charge in [-0.3, -0.25) is 0 Å². The molecule has 0 aliphatic heterocycles. The van der Waals surface area contributed by atoms with Crippen molar-refractivity contribution in [3.05, 3.63) is 77.0 Å². The van der Waals surface area contributed by atoms with Crippen LogP contribution in [0.4, 0.5) is 13.2 Å². The van der Waals surface area contributed by atoms with E-state index in [0.29, 0.717) is 24.4 Å². The first-order chi connectivity index (χ1) is 16.0. The Kier molecular flexibility index (Phi) is 4.33. The predicted octanol–water partition coefficient (Wildman–Crippen LogP) is 4.20. The minimum Gasteiger partial charge on any atom is -0.220 e. The van der Waals surface area contributed by atoms with Gasteiger partial charge in [-0.15, -0.1) is 10.2 Å². The number of hydrogen-bond donors (Lipinski definition) is 0. The fourth-order valence-electron chi connectivity index (χ4n) is 5.21.